The van der Waals surface area contributed by atoms with E-state index in [9.17, 15) is 4.79 Å². The highest BCUT2D eigenvalue weighted by atomic mass is 16.1. The van der Waals surface area contributed by atoms with Gasteiger partial charge in [-0.25, -0.2) is 0 Å². The number of hydrogen-bond acceptors (Lipinski definition) is 2. The van der Waals surface area contributed by atoms with E-state index in [0.29, 0.717) is 0 Å². The van der Waals surface area contributed by atoms with Crippen molar-refractivity contribution in [3.63, 3.8) is 0 Å². The van der Waals surface area contributed by atoms with Crippen LogP contribution in [0.1, 0.15) is 26.7 Å². The lowest BCUT2D eigenvalue weighted by molar-refractivity contribution is 0.295. The first-order chi connectivity index (χ1) is 11.8. The summed E-state index contributed by atoms with van der Waals surface area (Å²) in [6.45, 7) is 8.74. The van der Waals surface area contributed by atoms with Gasteiger partial charge in [0.25, 0.3) is 0 Å². The van der Waals surface area contributed by atoms with Gasteiger partial charge in [0, 0.05) is 17.3 Å². The van der Waals surface area contributed by atoms with Gasteiger partial charge in [0.2, 0.25) is 0 Å². The molecule has 3 aromatic rings. The second-order valence-corrected chi connectivity index (χ2v) is 6.25. The normalized spacial score (nSPS) is 11.6. The van der Waals surface area contributed by atoms with E-state index in [1.54, 1.807) is 0 Å². The monoisotopic (exact) mass is 322 g/mol. The van der Waals surface area contributed by atoms with Gasteiger partial charge in [-0.05, 0) is 56.7 Å². The molecule has 0 aliphatic rings. The fraction of sp³-hybridized carbons (Fsp3) is 0.381. The fourth-order valence-electron chi connectivity index (χ4n) is 3.46. The molecule has 126 valence electrons. The second kappa shape index (κ2) is 7.63. The highest BCUT2D eigenvalue weighted by molar-refractivity contribution is 5.93. The maximum atomic E-state index is 12.7. The first kappa shape index (κ1) is 16.7. The third kappa shape index (κ3) is 3.22. The van der Waals surface area contributed by atoms with E-state index in [1.165, 1.54) is 6.42 Å². The number of rotatable bonds is 7. The largest absolute Gasteiger partial charge is 0.340 e. The number of aromatic nitrogens is 1. The van der Waals surface area contributed by atoms with E-state index in [2.05, 4.69) is 35.4 Å². The summed E-state index contributed by atoms with van der Waals surface area (Å²) in [5.41, 5.74) is 2.23. The molecular formula is C21H26N2O. The number of para-hydroxylation sites is 2. The molecule has 24 heavy (non-hydrogen) atoms. The molecule has 0 fully saturated rings. The lowest BCUT2D eigenvalue weighted by Crippen LogP contribution is -2.24. The molecule has 0 unspecified atom stereocenters. The minimum atomic E-state index is 0.139. The number of benzene rings is 2. The molecule has 0 radical (unpaired) electrons. The summed E-state index contributed by atoms with van der Waals surface area (Å²) in [6, 6.07) is 15.9. The Morgan fingerprint density at radius 3 is 1.92 bits per heavy atom. The number of fused-ring (bicyclic) bond motifs is 2. The highest BCUT2D eigenvalue weighted by Crippen LogP contribution is 2.19. The summed E-state index contributed by atoms with van der Waals surface area (Å²) >= 11 is 0. The molecule has 3 heteroatoms. The van der Waals surface area contributed by atoms with Crippen molar-refractivity contribution in [1.29, 1.82) is 0 Å². The predicted molar refractivity (Wildman–Crippen MR) is 103 cm³/mol. The zero-order chi connectivity index (χ0) is 16.9. The smallest absolute Gasteiger partial charge is 0.197 e. The molecule has 0 saturated carbocycles. The fourth-order valence-corrected chi connectivity index (χ4v) is 3.46. The summed E-state index contributed by atoms with van der Waals surface area (Å²) in [6.07, 6.45) is 2.30. The van der Waals surface area contributed by atoms with Gasteiger partial charge in [-0.2, -0.15) is 0 Å². The number of nitrogens with zero attached hydrogens (tertiary/aromatic N) is 2. The van der Waals surface area contributed by atoms with Crippen LogP contribution >= 0.6 is 0 Å². The lowest BCUT2D eigenvalue weighted by Gasteiger charge is -2.19. The molecule has 0 spiro atoms. The van der Waals surface area contributed by atoms with E-state index in [-0.39, 0.29) is 5.43 Å². The van der Waals surface area contributed by atoms with Gasteiger partial charge in [-0.1, -0.05) is 38.1 Å². The minimum Gasteiger partial charge on any atom is -0.340 e. The first-order valence-corrected chi connectivity index (χ1v) is 8.99. The summed E-state index contributed by atoms with van der Waals surface area (Å²) in [7, 11) is 0. The Morgan fingerprint density at radius 2 is 1.38 bits per heavy atom. The van der Waals surface area contributed by atoms with Gasteiger partial charge in [-0.3, -0.25) is 4.79 Å². The van der Waals surface area contributed by atoms with Crippen LogP contribution in [0.5, 0.6) is 0 Å². The van der Waals surface area contributed by atoms with Crippen LogP contribution in [-0.4, -0.2) is 29.1 Å². The Kier molecular flexibility index (Phi) is 5.31. The molecular weight excluding hydrogens is 296 g/mol. The van der Waals surface area contributed by atoms with E-state index in [4.69, 9.17) is 0 Å². The van der Waals surface area contributed by atoms with E-state index in [1.807, 2.05) is 36.4 Å². The topological polar surface area (TPSA) is 25.2 Å². The molecule has 3 rings (SSSR count). The van der Waals surface area contributed by atoms with Crippen molar-refractivity contribution in [2.45, 2.75) is 33.2 Å². The molecule has 0 amide bonds. The van der Waals surface area contributed by atoms with Gasteiger partial charge in [-0.15, -0.1) is 0 Å². The number of hydrogen-bond donors (Lipinski definition) is 0. The number of unbranched alkanes of at least 4 members (excludes halogenated alkanes) is 1. The lowest BCUT2D eigenvalue weighted by atomic mass is 10.1. The van der Waals surface area contributed by atoms with E-state index < -0.39 is 0 Å². The molecule has 2 aromatic carbocycles. The Morgan fingerprint density at radius 1 is 0.833 bits per heavy atom. The van der Waals surface area contributed by atoms with Gasteiger partial charge >= 0.3 is 0 Å². The van der Waals surface area contributed by atoms with Crippen LogP contribution < -0.4 is 5.43 Å². The van der Waals surface area contributed by atoms with Crippen molar-refractivity contribution in [2.24, 2.45) is 0 Å². The zero-order valence-electron chi connectivity index (χ0n) is 14.7. The molecule has 3 nitrogen and oxygen atoms in total. The molecule has 0 bridgehead atoms. The van der Waals surface area contributed by atoms with Crippen LogP contribution in [0.15, 0.2) is 53.3 Å². The van der Waals surface area contributed by atoms with Crippen molar-refractivity contribution in [2.75, 3.05) is 19.6 Å². The molecule has 0 atom stereocenters. The zero-order valence-corrected chi connectivity index (χ0v) is 14.7. The predicted octanol–water partition coefficient (Wildman–Crippen LogP) is 4.28. The van der Waals surface area contributed by atoms with Crippen LogP contribution in [0.2, 0.25) is 0 Å². The molecule has 0 aliphatic heterocycles. The first-order valence-electron chi connectivity index (χ1n) is 8.99. The Labute approximate surface area is 143 Å². The third-order valence-electron chi connectivity index (χ3n) is 4.88. The molecule has 0 N–H and O–H groups in total. The van der Waals surface area contributed by atoms with Crippen molar-refractivity contribution in [3.8, 4) is 0 Å². The molecule has 0 aliphatic carbocycles. The summed E-state index contributed by atoms with van der Waals surface area (Å²) in [4.78, 5) is 15.2. The van der Waals surface area contributed by atoms with Gasteiger partial charge in [0.05, 0.1) is 11.0 Å². The van der Waals surface area contributed by atoms with Crippen LogP contribution in [-0.2, 0) is 6.54 Å². The average Bonchev–Trinajstić information content (AvgIpc) is 2.64. The number of aryl methyl sites for hydroxylation is 1. The second-order valence-electron chi connectivity index (χ2n) is 6.25. The summed E-state index contributed by atoms with van der Waals surface area (Å²) in [5, 5.41) is 1.64. The Balaban J connectivity index is 1.93. The molecule has 1 aromatic heterocycles. The van der Waals surface area contributed by atoms with Crippen molar-refractivity contribution in [1.82, 2.24) is 9.47 Å². The minimum absolute atomic E-state index is 0.139. The van der Waals surface area contributed by atoms with Crippen molar-refractivity contribution >= 4 is 21.8 Å². The maximum absolute atomic E-state index is 12.7. The van der Waals surface area contributed by atoms with Crippen molar-refractivity contribution < 1.29 is 0 Å². The Bertz CT molecular complexity index is 818. The Hall–Kier alpha value is -2.13. The van der Waals surface area contributed by atoms with Gasteiger partial charge in [0.1, 0.15) is 0 Å². The van der Waals surface area contributed by atoms with Crippen LogP contribution in [0.25, 0.3) is 21.8 Å². The maximum Gasteiger partial charge on any atom is 0.197 e. The summed E-state index contributed by atoms with van der Waals surface area (Å²) < 4.78 is 2.31. The molecule has 1 heterocycles. The summed E-state index contributed by atoms with van der Waals surface area (Å²) in [5.74, 6) is 0. The van der Waals surface area contributed by atoms with Crippen LogP contribution in [0.4, 0.5) is 0 Å². The van der Waals surface area contributed by atoms with E-state index >= 15 is 0 Å². The van der Waals surface area contributed by atoms with Crippen LogP contribution in [0.3, 0.4) is 0 Å². The van der Waals surface area contributed by atoms with Crippen molar-refractivity contribution in [3.05, 3.63) is 58.8 Å². The van der Waals surface area contributed by atoms with E-state index in [0.717, 1.165) is 54.4 Å². The van der Waals surface area contributed by atoms with Gasteiger partial charge in [0.15, 0.2) is 5.43 Å². The quantitative estimate of drug-likeness (QED) is 0.479. The highest BCUT2D eigenvalue weighted by Gasteiger charge is 2.09. The van der Waals surface area contributed by atoms with Gasteiger partial charge < -0.3 is 9.47 Å². The SMILES string of the molecule is CCN(CC)CCCCn1c2ccccc2c(=O)c2ccccc21. The standard InChI is InChI=1S/C21H26N2O/c1-3-22(4-2)15-9-10-16-23-19-13-7-5-11-17(19)21(24)18-12-6-8-14-20(18)23/h5-8,11-14H,3-4,9-10,15-16H2,1-2H3. The number of pyridine rings is 1. The van der Waals surface area contributed by atoms with Crippen LogP contribution in [0, 0.1) is 0 Å². The molecule has 0 saturated heterocycles. The third-order valence-corrected chi connectivity index (χ3v) is 4.88. The average molecular weight is 322 g/mol.